The molecule has 1 aliphatic heterocycles. The maximum atomic E-state index is 11.5. The van der Waals surface area contributed by atoms with E-state index in [9.17, 15) is 4.79 Å². The Bertz CT molecular complexity index is 241. The van der Waals surface area contributed by atoms with Crippen LogP contribution in [-0.4, -0.2) is 23.9 Å². The third-order valence-corrected chi connectivity index (χ3v) is 2.98. The lowest BCUT2D eigenvalue weighted by atomic mass is 10.1. The third kappa shape index (κ3) is 3.95. The van der Waals surface area contributed by atoms with Crippen molar-refractivity contribution in [2.45, 2.75) is 45.4 Å². The minimum atomic E-state index is 0.160. The highest BCUT2D eigenvalue weighted by molar-refractivity contribution is 5.79. The summed E-state index contributed by atoms with van der Waals surface area (Å²) >= 11 is 0. The zero-order valence-electron chi connectivity index (χ0n) is 9.67. The molecule has 84 valence electrons. The first kappa shape index (κ1) is 12.1. The first-order chi connectivity index (χ1) is 7.27. The van der Waals surface area contributed by atoms with E-state index in [1.807, 2.05) is 4.90 Å². The number of terminal acetylenes is 1. The quantitative estimate of drug-likeness (QED) is 0.484. The van der Waals surface area contributed by atoms with Gasteiger partial charge in [-0.15, -0.1) is 12.3 Å². The zero-order valence-corrected chi connectivity index (χ0v) is 9.67. The Kier molecular flexibility index (Phi) is 5.25. The van der Waals surface area contributed by atoms with Crippen LogP contribution >= 0.6 is 0 Å². The Morgan fingerprint density at radius 1 is 1.40 bits per heavy atom. The lowest BCUT2D eigenvalue weighted by Crippen LogP contribution is -2.26. The molecule has 0 bridgehead atoms. The van der Waals surface area contributed by atoms with Crippen LogP contribution in [-0.2, 0) is 4.79 Å². The molecular weight excluding hydrogens is 186 g/mol. The van der Waals surface area contributed by atoms with Crippen LogP contribution in [0.4, 0.5) is 0 Å². The number of hydrogen-bond donors (Lipinski definition) is 0. The molecule has 0 aromatic carbocycles. The number of nitrogens with zero attached hydrogens (tertiary/aromatic N) is 1. The van der Waals surface area contributed by atoms with Gasteiger partial charge in [0.15, 0.2) is 0 Å². The van der Waals surface area contributed by atoms with Gasteiger partial charge in [0.1, 0.15) is 0 Å². The molecule has 0 N–H and O–H groups in total. The molecule has 0 radical (unpaired) electrons. The molecule has 2 nitrogen and oxygen atoms in total. The summed E-state index contributed by atoms with van der Waals surface area (Å²) in [6, 6.07) is 0. The van der Waals surface area contributed by atoms with E-state index in [2.05, 4.69) is 12.8 Å². The first-order valence-corrected chi connectivity index (χ1v) is 6.01. The summed E-state index contributed by atoms with van der Waals surface area (Å²) in [6.07, 6.45) is 12.1. The predicted octanol–water partition coefficient (Wildman–Crippen LogP) is 2.44. The molecule has 0 spiro atoms. The normalized spacial score (nSPS) is 20.7. The molecule has 1 fully saturated rings. The molecule has 1 heterocycles. The molecule has 0 aromatic rings. The molecule has 0 aromatic heterocycles. The Balaban J connectivity index is 2.12. The molecule has 1 saturated heterocycles. The van der Waals surface area contributed by atoms with Crippen molar-refractivity contribution in [3.8, 4) is 12.3 Å². The van der Waals surface area contributed by atoms with Gasteiger partial charge in [-0.25, -0.2) is 0 Å². The number of amides is 1. The Labute approximate surface area is 93.0 Å². The van der Waals surface area contributed by atoms with Crippen molar-refractivity contribution in [1.82, 2.24) is 4.90 Å². The summed E-state index contributed by atoms with van der Waals surface area (Å²) < 4.78 is 0. The highest BCUT2D eigenvalue weighted by Crippen LogP contribution is 2.17. The molecule has 0 saturated carbocycles. The van der Waals surface area contributed by atoms with Gasteiger partial charge in [-0.3, -0.25) is 4.79 Å². The fraction of sp³-hybridized carbons (Fsp3) is 0.769. The standard InChI is InChI=1S/C13H21NO/c1-3-5-6-7-8-9-14-11-12(4-2)10-13(14)15/h2,12H,3,5-11H2,1H3. The number of rotatable bonds is 6. The first-order valence-electron chi connectivity index (χ1n) is 6.01. The average Bonchev–Trinajstić information content (AvgIpc) is 2.59. The Morgan fingerprint density at radius 3 is 2.73 bits per heavy atom. The van der Waals surface area contributed by atoms with E-state index in [1.54, 1.807) is 0 Å². The van der Waals surface area contributed by atoms with Gasteiger partial charge in [0.25, 0.3) is 0 Å². The van der Waals surface area contributed by atoms with E-state index in [-0.39, 0.29) is 11.8 Å². The minimum absolute atomic E-state index is 0.160. The number of hydrogen-bond acceptors (Lipinski definition) is 1. The highest BCUT2D eigenvalue weighted by Gasteiger charge is 2.27. The number of carbonyl (C=O) groups is 1. The molecule has 1 atom stereocenters. The Morgan fingerprint density at radius 2 is 2.13 bits per heavy atom. The average molecular weight is 207 g/mol. The van der Waals surface area contributed by atoms with E-state index in [0.29, 0.717) is 6.42 Å². The largest absolute Gasteiger partial charge is 0.341 e. The van der Waals surface area contributed by atoms with Crippen molar-refractivity contribution in [2.24, 2.45) is 5.92 Å². The van der Waals surface area contributed by atoms with Gasteiger partial charge in [-0.05, 0) is 6.42 Å². The van der Waals surface area contributed by atoms with Crippen LogP contribution in [0.1, 0.15) is 45.4 Å². The van der Waals surface area contributed by atoms with Crippen LogP contribution in [0.2, 0.25) is 0 Å². The van der Waals surface area contributed by atoms with E-state index >= 15 is 0 Å². The van der Waals surface area contributed by atoms with Crippen molar-refractivity contribution in [3.63, 3.8) is 0 Å². The summed E-state index contributed by atoms with van der Waals surface area (Å²) in [7, 11) is 0. The van der Waals surface area contributed by atoms with Crippen LogP contribution in [0.25, 0.3) is 0 Å². The predicted molar refractivity (Wildman–Crippen MR) is 62.3 cm³/mol. The summed E-state index contributed by atoms with van der Waals surface area (Å²) in [4.78, 5) is 13.4. The van der Waals surface area contributed by atoms with E-state index < -0.39 is 0 Å². The second-order valence-electron chi connectivity index (χ2n) is 4.32. The fourth-order valence-corrected chi connectivity index (χ4v) is 2.01. The van der Waals surface area contributed by atoms with Gasteiger partial charge in [-0.1, -0.05) is 32.6 Å². The van der Waals surface area contributed by atoms with E-state index in [1.165, 1.54) is 25.7 Å². The number of carbonyl (C=O) groups excluding carboxylic acids is 1. The summed E-state index contributed by atoms with van der Waals surface area (Å²) in [5.41, 5.74) is 0. The summed E-state index contributed by atoms with van der Waals surface area (Å²) in [5.74, 6) is 3.08. The SMILES string of the molecule is C#CC1CC(=O)N(CCCCCCC)C1. The molecular formula is C13H21NO. The van der Waals surface area contributed by atoms with Gasteiger partial charge in [0, 0.05) is 25.4 Å². The lowest BCUT2D eigenvalue weighted by Gasteiger charge is -2.15. The Hall–Kier alpha value is -0.970. The van der Waals surface area contributed by atoms with Crippen molar-refractivity contribution in [3.05, 3.63) is 0 Å². The monoisotopic (exact) mass is 207 g/mol. The number of unbranched alkanes of at least 4 members (excludes halogenated alkanes) is 4. The van der Waals surface area contributed by atoms with Gasteiger partial charge in [0.2, 0.25) is 5.91 Å². The van der Waals surface area contributed by atoms with Crippen molar-refractivity contribution in [2.75, 3.05) is 13.1 Å². The molecule has 1 amide bonds. The second kappa shape index (κ2) is 6.50. The minimum Gasteiger partial charge on any atom is -0.341 e. The third-order valence-electron chi connectivity index (χ3n) is 2.98. The number of likely N-dealkylation sites (tertiary alicyclic amines) is 1. The van der Waals surface area contributed by atoms with Crippen molar-refractivity contribution in [1.29, 1.82) is 0 Å². The van der Waals surface area contributed by atoms with E-state index in [0.717, 1.165) is 19.5 Å². The van der Waals surface area contributed by atoms with Gasteiger partial charge in [-0.2, -0.15) is 0 Å². The van der Waals surface area contributed by atoms with Crippen LogP contribution in [0.3, 0.4) is 0 Å². The van der Waals surface area contributed by atoms with Crippen LogP contribution in [0, 0.1) is 18.3 Å². The summed E-state index contributed by atoms with van der Waals surface area (Å²) in [6.45, 7) is 3.89. The van der Waals surface area contributed by atoms with Crippen LogP contribution in [0.15, 0.2) is 0 Å². The fourth-order valence-electron chi connectivity index (χ4n) is 2.01. The second-order valence-corrected chi connectivity index (χ2v) is 4.32. The van der Waals surface area contributed by atoms with Crippen molar-refractivity contribution >= 4 is 5.91 Å². The van der Waals surface area contributed by atoms with Crippen LogP contribution < -0.4 is 0 Å². The van der Waals surface area contributed by atoms with Crippen LogP contribution in [0.5, 0.6) is 0 Å². The van der Waals surface area contributed by atoms with Gasteiger partial charge in [0.05, 0.1) is 0 Å². The molecule has 1 rings (SSSR count). The molecule has 2 heteroatoms. The summed E-state index contributed by atoms with van der Waals surface area (Å²) in [5, 5.41) is 0. The lowest BCUT2D eigenvalue weighted by molar-refractivity contribution is -0.127. The highest BCUT2D eigenvalue weighted by atomic mass is 16.2. The van der Waals surface area contributed by atoms with E-state index in [4.69, 9.17) is 6.42 Å². The van der Waals surface area contributed by atoms with Gasteiger partial charge >= 0.3 is 0 Å². The maximum Gasteiger partial charge on any atom is 0.223 e. The molecule has 0 aliphatic carbocycles. The van der Waals surface area contributed by atoms with Gasteiger partial charge < -0.3 is 4.90 Å². The van der Waals surface area contributed by atoms with Crippen molar-refractivity contribution < 1.29 is 4.79 Å². The molecule has 1 aliphatic rings. The topological polar surface area (TPSA) is 20.3 Å². The zero-order chi connectivity index (χ0) is 11.1. The molecule has 1 unspecified atom stereocenters. The smallest absolute Gasteiger partial charge is 0.223 e. The maximum absolute atomic E-state index is 11.5. The molecule has 15 heavy (non-hydrogen) atoms.